The number of para-hydroxylation sites is 2. The Morgan fingerprint density at radius 1 is 0.438 bits per heavy atom. The third kappa shape index (κ3) is 4.70. The first-order valence-corrected chi connectivity index (χ1v) is 22.9. The minimum atomic E-state index is -0.529. The highest BCUT2D eigenvalue weighted by molar-refractivity contribution is 7.26. The summed E-state index contributed by atoms with van der Waals surface area (Å²) < 4.78 is 8.98. The summed E-state index contributed by atoms with van der Waals surface area (Å²) in [7, 11) is 0. The summed E-state index contributed by atoms with van der Waals surface area (Å²) >= 11 is 1.78. The van der Waals surface area contributed by atoms with Gasteiger partial charge in [0.05, 0.1) is 21.3 Å². The molecule has 11 aromatic rings. The van der Waals surface area contributed by atoms with Gasteiger partial charge in [0, 0.05) is 37.8 Å². The molecule has 0 saturated heterocycles. The average Bonchev–Trinajstić information content (AvgIpc) is 3.94. The van der Waals surface area contributed by atoms with Crippen LogP contribution in [-0.2, 0) is 10.8 Å². The van der Waals surface area contributed by atoms with Crippen molar-refractivity contribution in [2.45, 2.75) is 24.7 Å². The first-order valence-electron chi connectivity index (χ1n) is 22.1. The molecule has 14 rings (SSSR count). The van der Waals surface area contributed by atoms with E-state index in [9.17, 15) is 0 Å². The van der Waals surface area contributed by atoms with Crippen molar-refractivity contribution < 1.29 is 4.74 Å². The summed E-state index contributed by atoms with van der Waals surface area (Å²) in [5.74, 6) is 2.56. The molecule has 1 spiro atoms. The fourth-order valence-electron chi connectivity index (χ4n) is 11.6. The summed E-state index contributed by atoms with van der Waals surface area (Å²) in [5, 5.41) is 3.49. The van der Waals surface area contributed by atoms with Crippen LogP contribution < -0.4 is 4.74 Å². The third-order valence-corrected chi connectivity index (χ3v) is 15.5. The van der Waals surface area contributed by atoms with Gasteiger partial charge in [-0.3, -0.25) is 0 Å². The molecule has 3 heterocycles. The van der Waals surface area contributed by atoms with Gasteiger partial charge >= 0.3 is 0 Å². The Hall–Kier alpha value is -7.66. The molecule has 2 aromatic heterocycles. The second kappa shape index (κ2) is 12.9. The van der Waals surface area contributed by atoms with Gasteiger partial charge in [-0.2, -0.15) is 0 Å². The maximum absolute atomic E-state index is 6.65. The van der Waals surface area contributed by atoms with Gasteiger partial charge in [0.15, 0.2) is 5.82 Å². The molecule has 300 valence electrons. The van der Waals surface area contributed by atoms with Crippen LogP contribution in [0.5, 0.6) is 11.5 Å². The number of rotatable bonds is 3. The minimum Gasteiger partial charge on any atom is -0.457 e. The zero-order valence-corrected chi connectivity index (χ0v) is 36.0. The quantitative estimate of drug-likeness (QED) is 0.178. The molecule has 4 heteroatoms. The van der Waals surface area contributed by atoms with Gasteiger partial charge in [-0.05, 0) is 96.7 Å². The van der Waals surface area contributed by atoms with E-state index in [1.54, 1.807) is 11.3 Å². The first kappa shape index (κ1) is 35.9. The number of hydrogen-bond acceptors (Lipinski definition) is 4. The summed E-state index contributed by atoms with van der Waals surface area (Å²) in [6.07, 6.45) is 0. The molecule has 0 radical (unpaired) electrons. The Kier molecular flexibility index (Phi) is 7.26. The topological polar surface area (TPSA) is 35.0 Å². The van der Waals surface area contributed by atoms with E-state index in [1.165, 1.54) is 76.8 Å². The van der Waals surface area contributed by atoms with Crippen molar-refractivity contribution in [3.8, 4) is 67.5 Å². The second-order valence-corrected chi connectivity index (χ2v) is 19.0. The van der Waals surface area contributed by atoms with E-state index < -0.39 is 5.41 Å². The maximum atomic E-state index is 6.65. The second-order valence-electron chi connectivity index (χ2n) is 18.0. The number of hydrogen-bond donors (Lipinski definition) is 0. The van der Waals surface area contributed by atoms with Gasteiger partial charge in [-0.25, -0.2) is 9.97 Å². The van der Waals surface area contributed by atoms with Crippen LogP contribution in [0.15, 0.2) is 194 Å². The van der Waals surface area contributed by atoms with Crippen LogP contribution >= 0.6 is 11.3 Å². The van der Waals surface area contributed by atoms with Crippen LogP contribution in [-0.4, -0.2) is 9.97 Å². The highest BCUT2D eigenvalue weighted by atomic mass is 32.1. The van der Waals surface area contributed by atoms with E-state index in [0.29, 0.717) is 0 Å². The van der Waals surface area contributed by atoms with E-state index in [4.69, 9.17) is 14.7 Å². The van der Waals surface area contributed by atoms with E-state index in [1.807, 2.05) is 0 Å². The lowest BCUT2D eigenvalue weighted by Crippen LogP contribution is -2.32. The summed E-state index contributed by atoms with van der Waals surface area (Å²) in [6, 6.07) is 70.9. The van der Waals surface area contributed by atoms with Crippen molar-refractivity contribution >= 4 is 42.4 Å². The molecule has 0 N–H and O–H groups in total. The number of thiophene rings is 1. The van der Waals surface area contributed by atoms with Crippen LogP contribution in [0.3, 0.4) is 0 Å². The molecule has 0 atom stereocenters. The van der Waals surface area contributed by atoms with Gasteiger partial charge in [0.1, 0.15) is 11.5 Å². The lowest BCUT2D eigenvalue weighted by molar-refractivity contribution is 0.436. The SMILES string of the molecule is CC1(C)c2ccc(-c3nc(-c4cccc5ccccc45)nc4c3sc3ccccc34)cc2-c2cccc(-c3ccc4c(c3)C3(c5ccccc5Oc5ccccc53)c3ccccc3-4)c21. The highest BCUT2D eigenvalue weighted by Crippen LogP contribution is 2.63. The van der Waals surface area contributed by atoms with Crippen LogP contribution in [0, 0.1) is 0 Å². The predicted octanol–water partition coefficient (Wildman–Crippen LogP) is 15.8. The lowest BCUT2D eigenvalue weighted by atomic mass is 9.66. The van der Waals surface area contributed by atoms with Crippen molar-refractivity contribution in [1.29, 1.82) is 0 Å². The number of fused-ring (bicyclic) bond motifs is 16. The van der Waals surface area contributed by atoms with Crippen molar-refractivity contribution in [3.05, 3.63) is 228 Å². The molecular formula is C60H38N2OS. The van der Waals surface area contributed by atoms with Gasteiger partial charge in [0.25, 0.3) is 0 Å². The monoisotopic (exact) mass is 834 g/mol. The van der Waals surface area contributed by atoms with Gasteiger partial charge in [-0.1, -0.05) is 178 Å². The van der Waals surface area contributed by atoms with E-state index >= 15 is 0 Å². The smallest absolute Gasteiger partial charge is 0.161 e. The molecule has 2 aliphatic carbocycles. The van der Waals surface area contributed by atoms with Gasteiger partial charge in [-0.15, -0.1) is 11.3 Å². The number of nitrogens with zero attached hydrogens (tertiary/aromatic N) is 2. The van der Waals surface area contributed by atoms with Crippen molar-refractivity contribution in [3.63, 3.8) is 0 Å². The van der Waals surface area contributed by atoms with Crippen molar-refractivity contribution in [2.24, 2.45) is 0 Å². The predicted molar refractivity (Wildman–Crippen MR) is 264 cm³/mol. The van der Waals surface area contributed by atoms with Gasteiger partial charge < -0.3 is 4.74 Å². The highest BCUT2D eigenvalue weighted by Gasteiger charge is 2.51. The van der Waals surface area contributed by atoms with Crippen LogP contribution in [0.25, 0.3) is 87.1 Å². The van der Waals surface area contributed by atoms with E-state index in [0.717, 1.165) is 55.1 Å². The molecule has 0 fully saturated rings. The number of benzene rings is 9. The molecule has 9 aromatic carbocycles. The van der Waals surface area contributed by atoms with Crippen molar-refractivity contribution in [2.75, 3.05) is 0 Å². The molecular weight excluding hydrogens is 797 g/mol. The van der Waals surface area contributed by atoms with Crippen LogP contribution in [0.2, 0.25) is 0 Å². The average molecular weight is 835 g/mol. The number of aromatic nitrogens is 2. The molecule has 0 saturated carbocycles. The lowest BCUT2D eigenvalue weighted by Gasteiger charge is -2.39. The molecule has 3 nitrogen and oxygen atoms in total. The first-order chi connectivity index (χ1) is 31.5. The maximum Gasteiger partial charge on any atom is 0.161 e. The summed E-state index contributed by atoms with van der Waals surface area (Å²) in [5.41, 5.74) is 18.5. The Morgan fingerprint density at radius 3 is 1.91 bits per heavy atom. The Labute approximate surface area is 375 Å². The third-order valence-electron chi connectivity index (χ3n) is 14.4. The Morgan fingerprint density at radius 2 is 1.06 bits per heavy atom. The molecule has 0 bridgehead atoms. The van der Waals surface area contributed by atoms with E-state index in [2.05, 4.69) is 208 Å². The molecule has 3 aliphatic rings. The van der Waals surface area contributed by atoms with Gasteiger partial charge in [0.2, 0.25) is 0 Å². The number of ether oxygens (including phenoxy) is 1. The molecule has 64 heavy (non-hydrogen) atoms. The van der Waals surface area contributed by atoms with Crippen LogP contribution in [0.4, 0.5) is 0 Å². The van der Waals surface area contributed by atoms with Crippen LogP contribution in [0.1, 0.15) is 47.2 Å². The molecule has 0 amide bonds. The minimum absolute atomic E-state index is 0.260. The standard InChI is InChI=1S/C60H38N2OS/c1-59(2)46-32-30-37(55-57-56(44-19-6-12-28-53(44)64-57)62-58(61-55)43-22-13-16-35-15-3-4-17-38(35)43)33-45(46)42-21-14-20-39(54(42)59)36-29-31-41-40-18-5-7-23-47(40)60(50(41)34-36)48-24-8-10-26-51(48)63-52-27-11-9-25-49(52)60/h3-34H,1-2H3. The molecule has 1 aliphatic heterocycles. The fraction of sp³-hybridized carbons (Fsp3) is 0.0667. The summed E-state index contributed by atoms with van der Waals surface area (Å²) in [6.45, 7) is 4.79. The largest absolute Gasteiger partial charge is 0.457 e. The Balaban J connectivity index is 0.967. The Bertz CT molecular complexity index is 3770. The zero-order chi connectivity index (χ0) is 42.3. The normalized spacial score (nSPS) is 14.5. The zero-order valence-electron chi connectivity index (χ0n) is 35.2. The van der Waals surface area contributed by atoms with Crippen molar-refractivity contribution in [1.82, 2.24) is 9.97 Å². The van der Waals surface area contributed by atoms with E-state index in [-0.39, 0.29) is 5.41 Å². The molecule has 0 unspecified atom stereocenters. The fourth-order valence-corrected chi connectivity index (χ4v) is 12.8. The summed E-state index contributed by atoms with van der Waals surface area (Å²) in [4.78, 5) is 10.8.